The Morgan fingerprint density at radius 3 is 2.24 bits per heavy atom. The van der Waals surface area contributed by atoms with E-state index in [-0.39, 0.29) is 44.0 Å². The lowest BCUT2D eigenvalue weighted by atomic mass is 9.92. The van der Waals surface area contributed by atoms with E-state index in [2.05, 4.69) is 34.3 Å². The molecule has 10 nitrogen and oxygen atoms in total. The fourth-order valence-electron chi connectivity index (χ4n) is 6.33. The summed E-state index contributed by atoms with van der Waals surface area (Å²) in [5.41, 5.74) is 4.41. The largest absolute Gasteiger partial charge is 0.426 e. The monoisotopic (exact) mass is 654 g/mol. The molecular formula is C34H39FN2O8S. The number of anilines is 1. The molecular weight excluding hydrogens is 615 g/mol. The highest BCUT2D eigenvalue weighted by molar-refractivity contribution is 7.95. The van der Waals surface area contributed by atoms with Crippen LogP contribution in [0.1, 0.15) is 37.3 Å². The second kappa shape index (κ2) is 15.2. The molecule has 0 aliphatic carbocycles. The molecule has 3 aliphatic rings. The SMILES string of the molecule is O=NC1CC(CO)OC(OC2C(O)CC(CSOc3ccc(-c4ccc(C5CCN5c5ccc(F)cc5)cc4)cc3)OC2CO)C1. The van der Waals surface area contributed by atoms with E-state index in [1.54, 1.807) is 0 Å². The number of nitroso groups, excluding NO2 is 1. The topological polar surface area (TPSA) is 130 Å². The minimum absolute atomic E-state index is 0.205. The zero-order chi connectivity index (χ0) is 32.0. The lowest BCUT2D eigenvalue weighted by Gasteiger charge is -2.43. The smallest absolute Gasteiger partial charge is 0.160 e. The molecule has 3 fully saturated rings. The van der Waals surface area contributed by atoms with Crippen molar-refractivity contribution in [1.82, 2.24) is 0 Å². The lowest BCUT2D eigenvalue weighted by Crippen LogP contribution is -2.54. The number of aliphatic hydroxyl groups excluding tert-OH is 3. The summed E-state index contributed by atoms with van der Waals surface area (Å²) >= 11 is 1.20. The Hall–Kier alpha value is -3.10. The first-order valence-electron chi connectivity index (χ1n) is 15.6. The molecule has 0 bridgehead atoms. The number of nitrogens with zero attached hydrogens (tertiary/aromatic N) is 2. The maximum absolute atomic E-state index is 13.3. The summed E-state index contributed by atoms with van der Waals surface area (Å²) in [4.78, 5) is 13.4. The summed E-state index contributed by atoms with van der Waals surface area (Å²) < 4.78 is 36.8. The normalized spacial score (nSPS) is 29.6. The van der Waals surface area contributed by atoms with Gasteiger partial charge in [-0.1, -0.05) is 41.6 Å². The van der Waals surface area contributed by atoms with Gasteiger partial charge in [0.1, 0.15) is 23.8 Å². The third-order valence-electron chi connectivity index (χ3n) is 8.87. The first-order chi connectivity index (χ1) is 22.4. The number of halogens is 1. The highest BCUT2D eigenvalue weighted by Gasteiger charge is 2.42. The molecule has 12 heteroatoms. The zero-order valence-corrected chi connectivity index (χ0v) is 26.1. The molecule has 0 spiro atoms. The van der Waals surface area contributed by atoms with Crippen molar-refractivity contribution >= 4 is 17.7 Å². The van der Waals surface area contributed by atoms with Crippen LogP contribution in [-0.4, -0.2) is 83.7 Å². The van der Waals surface area contributed by atoms with E-state index in [9.17, 15) is 24.6 Å². The van der Waals surface area contributed by atoms with Crippen LogP contribution >= 0.6 is 12.0 Å². The summed E-state index contributed by atoms with van der Waals surface area (Å²) in [5.74, 6) is 0.870. The molecule has 3 heterocycles. The molecule has 0 amide bonds. The second-order valence-corrected chi connectivity index (χ2v) is 12.7. The minimum Gasteiger partial charge on any atom is -0.426 e. The summed E-state index contributed by atoms with van der Waals surface area (Å²) in [7, 11) is 0. The van der Waals surface area contributed by atoms with Crippen LogP contribution < -0.4 is 9.08 Å². The highest BCUT2D eigenvalue weighted by Crippen LogP contribution is 2.38. The van der Waals surface area contributed by atoms with Gasteiger partial charge in [-0.3, -0.25) is 0 Å². The highest BCUT2D eigenvalue weighted by atomic mass is 32.2. The van der Waals surface area contributed by atoms with E-state index in [1.807, 2.05) is 36.4 Å². The molecule has 3 saturated heterocycles. The van der Waals surface area contributed by atoms with Crippen LogP contribution in [0.15, 0.2) is 78.0 Å². The van der Waals surface area contributed by atoms with E-state index in [4.69, 9.17) is 18.4 Å². The number of hydrogen-bond donors (Lipinski definition) is 3. The number of aliphatic hydroxyl groups is 3. The molecule has 46 heavy (non-hydrogen) atoms. The Balaban J connectivity index is 0.971. The fraction of sp³-hybridized carbons (Fsp3) is 0.471. The van der Waals surface area contributed by atoms with Gasteiger partial charge in [-0.2, -0.15) is 4.91 Å². The first-order valence-corrected chi connectivity index (χ1v) is 16.6. The Morgan fingerprint density at radius 2 is 1.61 bits per heavy atom. The van der Waals surface area contributed by atoms with Crippen molar-refractivity contribution in [2.75, 3.05) is 30.4 Å². The third-order valence-corrected chi connectivity index (χ3v) is 9.69. The summed E-state index contributed by atoms with van der Waals surface area (Å²) in [5, 5.41) is 33.3. The van der Waals surface area contributed by atoms with Crippen molar-refractivity contribution in [1.29, 1.82) is 0 Å². The summed E-state index contributed by atoms with van der Waals surface area (Å²) in [6.45, 7) is 0.311. The zero-order valence-electron chi connectivity index (χ0n) is 25.3. The van der Waals surface area contributed by atoms with Crippen LogP contribution in [-0.2, 0) is 14.2 Å². The van der Waals surface area contributed by atoms with Gasteiger partial charge in [-0.15, -0.1) is 0 Å². The quantitative estimate of drug-likeness (QED) is 0.181. The predicted octanol–water partition coefficient (Wildman–Crippen LogP) is 5.00. The molecule has 8 atom stereocenters. The van der Waals surface area contributed by atoms with E-state index < -0.39 is 36.7 Å². The van der Waals surface area contributed by atoms with Gasteiger partial charge in [-0.05, 0) is 59.5 Å². The van der Waals surface area contributed by atoms with Crippen molar-refractivity contribution in [3.63, 3.8) is 0 Å². The molecule has 3 aromatic carbocycles. The van der Waals surface area contributed by atoms with Crippen molar-refractivity contribution < 1.29 is 38.1 Å². The van der Waals surface area contributed by atoms with E-state index in [1.165, 1.54) is 29.7 Å². The van der Waals surface area contributed by atoms with Crippen LogP contribution in [0.25, 0.3) is 11.1 Å². The summed E-state index contributed by atoms with van der Waals surface area (Å²) in [6.07, 6.45) is -2.55. The van der Waals surface area contributed by atoms with Crippen molar-refractivity contribution in [3.8, 4) is 16.9 Å². The standard InChI is InChI=1S/C34H39FN2O8S/c35-24-7-9-26(10-8-24)37-14-13-30(37)23-3-1-21(2-4-23)22-5-11-27(12-6-22)45-46-20-29-17-31(40)34(32(19-39)42-29)44-33-16-25(36-41)15-28(18-38)43-33/h1-12,25,28-34,38-40H,13-20H2. The van der Waals surface area contributed by atoms with E-state index in [0.717, 1.165) is 29.8 Å². The van der Waals surface area contributed by atoms with Crippen LogP contribution in [0.3, 0.4) is 0 Å². The first kappa shape index (κ1) is 32.8. The molecule has 6 rings (SSSR count). The summed E-state index contributed by atoms with van der Waals surface area (Å²) in [6, 6.07) is 22.7. The molecule has 0 radical (unpaired) electrons. The van der Waals surface area contributed by atoms with Gasteiger partial charge in [0, 0.05) is 31.5 Å². The van der Waals surface area contributed by atoms with Gasteiger partial charge >= 0.3 is 0 Å². The molecule has 3 N–H and O–H groups in total. The van der Waals surface area contributed by atoms with Gasteiger partial charge in [0.25, 0.3) is 0 Å². The number of hydrogen-bond acceptors (Lipinski definition) is 11. The van der Waals surface area contributed by atoms with E-state index >= 15 is 0 Å². The number of rotatable bonds is 12. The minimum atomic E-state index is -0.932. The predicted molar refractivity (Wildman–Crippen MR) is 172 cm³/mol. The van der Waals surface area contributed by atoms with Crippen molar-refractivity contribution in [3.05, 3.63) is 89.1 Å². The van der Waals surface area contributed by atoms with Crippen LogP contribution in [0.4, 0.5) is 10.1 Å². The fourth-order valence-corrected chi connectivity index (χ4v) is 7.01. The maximum Gasteiger partial charge on any atom is 0.160 e. The average molecular weight is 655 g/mol. The number of benzene rings is 3. The molecule has 246 valence electrons. The Bertz CT molecular complexity index is 1420. The van der Waals surface area contributed by atoms with Crippen molar-refractivity contribution in [2.24, 2.45) is 5.18 Å². The molecule has 3 aromatic rings. The Labute approximate surface area is 271 Å². The average Bonchev–Trinajstić information content (AvgIpc) is 3.07. The van der Waals surface area contributed by atoms with E-state index in [0.29, 0.717) is 17.9 Å². The Kier molecular flexibility index (Phi) is 10.8. The third kappa shape index (κ3) is 7.71. The molecule has 0 aromatic heterocycles. The van der Waals surface area contributed by atoms with Gasteiger partial charge in [0.05, 0.1) is 61.4 Å². The van der Waals surface area contributed by atoms with Gasteiger partial charge < -0.3 is 38.6 Å². The molecule has 0 saturated carbocycles. The molecule has 3 aliphatic heterocycles. The number of ether oxygens (including phenoxy) is 3. The Morgan fingerprint density at radius 1 is 0.891 bits per heavy atom. The van der Waals surface area contributed by atoms with Crippen LogP contribution in [0, 0.1) is 10.7 Å². The van der Waals surface area contributed by atoms with Gasteiger partial charge in [0.2, 0.25) is 0 Å². The van der Waals surface area contributed by atoms with Gasteiger partial charge in [-0.25, -0.2) is 4.39 Å². The van der Waals surface area contributed by atoms with Crippen LogP contribution in [0.5, 0.6) is 5.75 Å². The van der Waals surface area contributed by atoms with Crippen molar-refractivity contribution in [2.45, 2.75) is 74.6 Å². The lowest BCUT2D eigenvalue weighted by molar-refractivity contribution is -0.277. The second-order valence-electron chi connectivity index (χ2n) is 12.0. The van der Waals surface area contributed by atoms with Crippen LogP contribution in [0.2, 0.25) is 0 Å². The molecule has 8 unspecified atom stereocenters. The van der Waals surface area contributed by atoms with Gasteiger partial charge in [0.15, 0.2) is 6.29 Å². The maximum atomic E-state index is 13.3.